The molecule has 0 fully saturated rings. The molecule has 7 heteroatoms. The van der Waals surface area contributed by atoms with E-state index < -0.39 is 11.8 Å². The number of benzene rings is 1. The third-order valence-corrected chi connectivity index (χ3v) is 3.11. The third-order valence-electron chi connectivity index (χ3n) is 3.11. The molecular weight excluding hydrogens is 275 g/mol. The van der Waals surface area contributed by atoms with Crippen LogP contribution in [0.15, 0.2) is 24.5 Å². The van der Waals surface area contributed by atoms with Crippen molar-refractivity contribution in [3.05, 3.63) is 41.5 Å². The summed E-state index contributed by atoms with van der Waals surface area (Å²) in [7, 11) is 4.79. The summed E-state index contributed by atoms with van der Waals surface area (Å²) in [5.41, 5.74) is 7.05. The molecule has 0 radical (unpaired) electrons. The zero-order valence-corrected chi connectivity index (χ0v) is 12.1. The molecular formula is C14H17FN4O2. The van der Waals surface area contributed by atoms with Crippen LogP contribution < -0.4 is 10.6 Å². The SMILES string of the molecule is COC(=O)c1cc(N(C)Cc2cnn(C)c2)c(F)cc1N. The molecule has 2 aromatic rings. The molecule has 0 aliphatic heterocycles. The van der Waals surface area contributed by atoms with Gasteiger partial charge in [-0.1, -0.05) is 0 Å². The lowest BCUT2D eigenvalue weighted by molar-refractivity contribution is 0.0602. The van der Waals surface area contributed by atoms with Crippen LogP contribution in [0.2, 0.25) is 0 Å². The maximum Gasteiger partial charge on any atom is 0.340 e. The molecule has 6 nitrogen and oxygen atoms in total. The van der Waals surface area contributed by atoms with E-state index in [1.165, 1.54) is 13.2 Å². The van der Waals surface area contributed by atoms with E-state index in [1.807, 2.05) is 13.2 Å². The first kappa shape index (κ1) is 14.8. The molecule has 1 heterocycles. The van der Waals surface area contributed by atoms with Crippen LogP contribution in [0.5, 0.6) is 0 Å². The van der Waals surface area contributed by atoms with E-state index in [0.29, 0.717) is 6.54 Å². The van der Waals surface area contributed by atoms with Gasteiger partial charge in [-0.15, -0.1) is 0 Å². The topological polar surface area (TPSA) is 73.4 Å². The average Bonchev–Trinajstić information content (AvgIpc) is 2.83. The second-order valence-corrected chi connectivity index (χ2v) is 4.76. The van der Waals surface area contributed by atoms with Gasteiger partial charge in [0.25, 0.3) is 0 Å². The number of esters is 1. The Hall–Kier alpha value is -2.57. The van der Waals surface area contributed by atoms with Crippen LogP contribution in [0.25, 0.3) is 0 Å². The maximum atomic E-state index is 14.1. The minimum atomic E-state index is -0.594. The Labute approximate surface area is 121 Å². The number of hydrogen-bond donors (Lipinski definition) is 1. The molecule has 1 aromatic heterocycles. The van der Waals surface area contributed by atoms with Gasteiger partial charge in [-0.2, -0.15) is 5.10 Å². The Morgan fingerprint density at radius 1 is 1.52 bits per heavy atom. The molecule has 0 bridgehead atoms. The Bertz CT molecular complexity index is 669. The van der Waals surface area contributed by atoms with Gasteiger partial charge in [0.2, 0.25) is 0 Å². The van der Waals surface area contributed by atoms with Gasteiger partial charge in [0.15, 0.2) is 0 Å². The van der Waals surface area contributed by atoms with Crippen LogP contribution >= 0.6 is 0 Å². The third kappa shape index (κ3) is 3.13. The van der Waals surface area contributed by atoms with Crippen LogP contribution in [0.4, 0.5) is 15.8 Å². The average molecular weight is 292 g/mol. The second-order valence-electron chi connectivity index (χ2n) is 4.76. The molecule has 0 atom stereocenters. The van der Waals surface area contributed by atoms with E-state index in [9.17, 15) is 9.18 Å². The predicted octanol–water partition coefficient (Wildman–Crippen LogP) is 1.56. The lowest BCUT2D eigenvalue weighted by Crippen LogP contribution is -2.19. The number of aromatic nitrogens is 2. The largest absolute Gasteiger partial charge is 0.465 e. The van der Waals surface area contributed by atoms with Crippen molar-refractivity contribution in [2.75, 3.05) is 24.8 Å². The van der Waals surface area contributed by atoms with Crippen LogP contribution in [0.3, 0.4) is 0 Å². The lowest BCUT2D eigenvalue weighted by atomic mass is 10.1. The molecule has 112 valence electrons. The Balaban J connectivity index is 2.31. The lowest BCUT2D eigenvalue weighted by Gasteiger charge is -2.20. The van der Waals surface area contributed by atoms with Crippen molar-refractivity contribution in [3.8, 4) is 0 Å². The fraction of sp³-hybridized carbons (Fsp3) is 0.286. The summed E-state index contributed by atoms with van der Waals surface area (Å²) in [6.07, 6.45) is 3.54. The summed E-state index contributed by atoms with van der Waals surface area (Å²) in [5.74, 6) is -1.09. The van der Waals surface area contributed by atoms with Crippen LogP contribution in [-0.2, 0) is 18.3 Å². The Kier molecular flexibility index (Phi) is 4.11. The van der Waals surface area contributed by atoms with E-state index in [-0.39, 0.29) is 16.9 Å². The highest BCUT2D eigenvalue weighted by Crippen LogP contribution is 2.26. The number of ether oxygens (including phenoxy) is 1. The molecule has 21 heavy (non-hydrogen) atoms. The van der Waals surface area contributed by atoms with Gasteiger partial charge in [0, 0.05) is 38.1 Å². The predicted molar refractivity (Wildman–Crippen MR) is 77.5 cm³/mol. The van der Waals surface area contributed by atoms with E-state index in [0.717, 1.165) is 11.6 Å². The maximum absolute atomic E-state index is 14.1. The van der Waals surface area contributed by atoms with Gasteiger partial charge in [0.05, 0.1) is 24.6 Å². The number of anilines is 2. The molecule has 0 amide bonds. The number of nitrogens with zero attached hydrogens (tertiary/aromatic N) is 3. The summed E-state index contributed by atoms with van der Waals surface area (Å²) in [5, 5.41) is 4.06. The fourth-order valence-corrected chi connectivity index (χ4v) is 2.07. The van der Waals surface area contributed by atoms with Crippen molar-refractivity contribution in [2.24, 2.45) is 7.05 Å². The zero-order chi connectivity index (χ0) is 15.6. The normalized spacial score (nSPS) is 10.5. The number of carbonyl (C=O) groups is 1. The number of carbonyl (C=O) groups excluding carboxylic acids is 1. The number of aryl methyl sites for hydroxylation is 1. The second kappa shape index (κ2) is 5.82. The van der Waals surface area contributed by atoms with Crippen molar-refractivity contribution in [1.82, 2.24) is 9.78 Å². The molecule has 0 aliphatic rings. The molecule has 0 spiro atoms. The molecule has 0 aliphatic carbocycles. The summed E-state index contributed by atoms with van der Waals surface area (Å²) in [6, 6.07) is 2.52. The van der Waals surface area contributed by atoms with Crippen molar-refractivity contribution in [1.29, 1.82) is 0 Å². The van der Waals surface area contributed by atoms with E-state index in [4.69, 9.17) is 5.73 Å². The smallest absolute Gasteiger partial charge is 0.340 e. The Morgan fingerprint density at radius 2 is 2.24 bits per heavy atom. The van der Waals surface area contributed by atoms with E-state index >= 15 is 0 Å². The number of methoxy groups -OCH3 is 1. The highest BCUT2D eigenvalue weighted by molar-refractivity contribution is 5.96. The van der Waals surface area contributed by atoms with E-state index in [2.05, 4.69) is 9.84 Å². The van der Waals surface area contributed by atoms with Gasteiger partial charge < -0.3 is 15.4 Å². The highest BCUT2D eigenvalue weighted by atomic mass is 19.1. The van der Waals surface area contributed by atoms with Crippen molar-refractivity contribution < 1.29 is 13.9 Å². The molecule has 2 N–H and O–H groups in total. The van der Waals surface area contributed by atoms with Gasteiger partial charge in [-0.25, -0.2) is 9.18 Å². The van der Waals surface area contributed by atoms with Crippen LogP contribution in [-0.4, -0.2) is 29.9 Å². The molecule has 0 unspecified atom stereocenters. The fourth-order valence-electron chi connectivity index (χ4n) is 2.07. The first-order valence-electron chi connectivity index (χ1n) is 6.28. The van der Waals surface area contributed by atoms with Gasteiger partial charge in [0.1, 0.15) is 5.82 Å². The number of rotatable bonds is 4. The van der Waals surface area contributed by atoms with Gasteiger partial charge in [-0.05, 0) is 12.1 Å². The molecule has 2 rings (SSSR count). The number of nitrogen functional groups attached to an aromatic ring is 1. The standard InChI is InChI=1S/C14H17FN4O2/c1-18(7-9-6-17-19(2)8-9)13-4-10(14(20)21-3)12(16)5-11(13)15/h4-6,8H,7,16H2,1-3H3. The zero-order valence-electron chi connectivity index (χ0n) is 12.1. The van der Waals surface area contributed by atoms with Gasteiger partial charge in [-0.3, -0.25) is 4.68 Å². The summed E-state index contributed by atoms with van der Waals surface area (Å²) >= 11 is 0. The minimum absolute atomic E-state index is 0.0536. The first-order chi connectivity index (χ1) is 9.92. The van der Waals surface area contributed by atoms with Crippen molar-refractivity contribution in [3.63, 3.8) is 0 Å². The van der Waals surface area contributed by atoms with E-state index in [1.54, 1.807) is 22.8 Å². The minimum Gasteiger partial charge on any atom is -0.465 e. The monoisotopic (exact) mass is 292 g/mol. The quantitative estimate of drug-likeness (QED) is 0.684. The number of halogens is 1. The van der Waals surface area contributed by atoms with Crippen molar-refractivity contribution in [2.45, 2.75) is 6.54 Å². The summed E-state index contributed by atoms with van der Waals surface area (Å²) in [6.45, 7) is 0.454. The van der Waals surface area contributed by atoms with Crippen molar-refractivity contribution >= 4 is 17.3 Å². The number of nitrogens with two attached hydrogens (primary N) is 1. The summed E-state index contributed by atoms with van der Waals surface area (Å²) in [4.78, 5) is 13.3. The molecule has 0 saturated heterocycles. The summed E-state index contributed by atoms with van der Waals surface area (Å²) < 4.78 is 20.4. The van der Waals surface area contributed by atoms with Crippen LogP contribution in [0.1, 0.15) is 15.9 Å². The molecule has 1 aromatic carbocycles. The molecule has 0 saturated carbocycles. The van der Waals surface area contributed by atoms with Gasteiger partial charge >= 0.3 is 5.97 Å². The Morgan fingerprint density at radius 3 is 2.81 bits per heavy atom. The van der Waals surface area contributed by atoms with Crippen LogP contribution in [0, 0.1) is 5.82 Å². The highest BCUT2D eigenvalue weighted by Gasteiger charge is 2.17. The number of hydrogen-bond acceptors (Lipinski definition) is 5. The first-order valence-corrected chi connectivity index (χ1v) is 6.28.